The van der Waals surface area contributed by atoms with Crippen molar-refractivity contribution in [3.8, 4) is 0 Å². The summed E-state index contributed by atoms with van der Waals surface area (Å²) in [7, 11) is 0. The van der Waals surface area contributed by atoms with Gasteiger partial charge in [0.2, 0.25) is 0 Å². The summed E-state index contributed by atoms with van der Waals surface area (Å²) in [5.41, 5.74) is 0. The summed E-state index contributed by atoms with van der Waals surface area (Å²) >= 11 is 0. The molecule has 0 heterocycles. The molecule has 18 heavy (non-hydrogen) atoms. The van der Waals surface area contributed by atoms with Crippen molar-refractivity contribution < 1.29 is 0 Å². The van der Waals surface area contributed by atoms with Gasteiger partial charge in [-0.1, -0.05) is 78.6 Å². The van der Waals surface area contributed by atoms with Gasteiger partial charge in [0.05, 0.1) is 0 Å². The Morgan fingerprint density at radius 3 is 1.56 bits per heavy atom. The summed E-state index contributed by atoms with van der Waals surface area (Å²) < 4.78 is 0. The molecule has 0 aromatic rings. The van der Waals surface area contributed by atoms with Gasteiger partial charge >= 0.3 is 0 Å². The van der Waals surface area contributed by atoms with E-state index < -0.39 is 0 Å². The minimum Gasteiger partial charge on any atom is -0.314 e. The molecular formula is C17H37N. The monoisotopic (exact) mass is 255 g/mol. The molecule has 0 aromatic heterocycles. The maximum absolute atomic E-state index is 3.61. The Kier molecular flexibility index (Phi) is 13.4. The molecule has 0 saturated heterocycles. The van der Waals surface area contributed by atoms with Crippen molar-refractivity contribution >= 4 is 0 Å². The van der Waals surface area contributed by atoms with E-state index in [-0.39, 0.29) is 0 Å². The Balaban J connectivity index is 3.03. The van der Waals surface area contributed by atoms with Crippen LogP contribution >= 0.6 is 0 Å². The van der Waals surface area contributed by atoms with Gasteiger partial charge in [-0.25, -0.2) is 0 Å². The highest BCUT2D eigenvalue weighted by Crippen LogP contribution is 2.10. The summed E-state index contributed by atoms with van der Waals surface area (Å²) in [5.74, 6) is 0.758. The zero-order valence-electron chi connectivity index (χ0n) is 13.4. The summed E-state index contributed by atoms with van der Waals surface area (Å²) in [6, 6.07) is 0.670. The van der Waals surface area contributed by atoms with Gasteiger partial charge in [-0.15, -0.1) is 0 Å². The minimum absolute atomic E-state index is 0.670. The van der Waals surface area contributed by atoms with Crippen LogP contribution in [0.5, 0.6) is 0 Å². The first kappa shape index (κ1) is 18.0. The second kappa shape index (κ2) is 13.4. The fourth-order valence-corrected chi connectivity index (χ4v) is 2.18. The molecule has 0 bridgehead atoms. The molecular weight excluding hydrogens is 218 g/mol. The molecule has 0 aliphatic rings. The van der Waals surface area contributed by atoms with Gasteiger partial charge in [0.1, 0.15) is 0 Å². The number of rotatable bonds is 13. The predicted octanol–water partition coefficient (Wildman–Crippen LogP) is 5.54. The van der Waals surface area contributed by atoms with Crippen LogP contribution in [0, 0.1) is 5.92 Å². The van der Waals surface area contributed by atoms with E-state index in [9.17, 15) is 0 Å². The van der Waals surface area contributed by atoms with Crippen LogP contribution in [0.25, 0.3) is 0 Å². The quantitative estimate of drug-likeness (QED) is 0.426. The highest BCUT2D eigenvalue weighted by molar-refractivity contribution is 4.63. The first-order chi connectivity index (χ1) is 8.68. The summed E-state index contributed by atoms with van der Waals surface area (Å²) in [4.78, 5) is 0. The number of nitrogens with one attached hydrogen (secondary N) is 1. The van der Waals surface area contributed by atoms with Gasteiger partial charge in [-0.2, -0.15) is 0 Å². The Bertz CT molecular complexity index is 154. The second-order valence-electron chi connectivity index (χ2n) is 6.17. The van der Waals surface area contributed by atoms with E-state index in [2.05, 4.69) is 33.0 Å². The third-order valence-corrected chi connectivity index (χ3v) is 4.00. The van der Waals surface area contributed by atoms with Crippen molar-refractivity contribution in [2.24, 2.45) is 5.92 Å². The maximum atomic E-state index is 3.61. The SMILES string of the molecule is CCCCCCCCCCCCNC(C)C(C)C. The predicted molar refractivity (Wildman–Crippen MR) is 84.1 cm³/mol. The van der Waals surface area contributed by atoms with Crippen molar-refractivity contribution in [2.45, 2.75) is 97.9 Å². The van der Waals surface area contributed by atoms with Crippen LogP contribution in [0.15, 0.2) is 0 Å². The van der Waals surface area contributed by atoms with E-state index in [1.165, 1.54) is 70.8 Å². The molecule has 0 aromatic carbocycles. The molecule has 110 valence electrons. The Hall–Kier alpha value is -0.0400. The molecule has 1 atom stereocenters. The Morgan fingerprint density at radius 1 is 0.667 bits per heavy atom. The summed E-state index contributed by atoms with van der Waals surface area (Å²) in [6.07, 6.45) is 14.3. The van der Waals surface area contributed by atoms with Crippen LogP contribution in [0.1, 0.15) is 91.9 Å². The van der Waals surface area contributed by atoms with Gasteiger partial charge in [-0.05, 0) is 25.8 Å². The van der Waals surface area contributed by atoms with E-state index in [0.717, 1.165) is 5.92 Å². The standard InChI is InChI=1S/C17H37N/c1-5-6-7-8-9-10-11-12-13-14-15-18-17(4)16(2)3/h16-18H,5-15H2,1-4H3. The zero-order chi connectivity index (χ0) is 13.6. The maximum Gasteiger partial charge on any atom is 0.00617 e. The Labute approximate surface area is 116 Å². The van der Waals surface area contributed by atoms with Crippen LogP contribution in [-0.4, -0.2) is 12.6 Å². The van der Waals surface area contributed by atoms with Crippen molar-refractivity contribution in [1.29, 1.82) is 0 Å². The molecule has 0 amide bonds. The van der Waals surface area contributed by atoms with Gasteiger partial charge in [0.15, 0.2) is 0 Å². The zero-order valence-corrected chi connectivity index (χ0v) is 13.4. The smallest absolute Gasteiger partial charge is 0.00617 e. The van der Waals surface area contributed by atoms with Gasteiger partial charge in [0.25, 0.3) is 0 Å². The lowest BCUT2D eigenvalue weighted by Gasteiger charge is -2.17. The van der Waals surface area contributed by atoms with Crippen LogP contribution in [0.3, 0.4) is 0 Å². The average Bonchev–Trinajstić information content (AvgIpc) is 2.35. The molecule has 0 spiro atoms. The number of hydrogen-bond acceptors (Lipinski definition) is 1. The van der Waals surface area contributed by atoms with Gasteiger partial charge in [0, 0.05) is 6.04 Å². The van der Waals surface area contributed by atoms with Crippen molar-refractivity contribution in [2.75, 3.05) is 6.54 Å². The van der Waals surface area contributed by atoms with E-state index in [0.29, 0.717) is 6.04 Å². The molecule has 1 heteroatoms. The fraction of sp³-hybridized carbons (Fsp3) is 1.00. The third-order valence-electron chi connectivity index (χ3n) is 4.00. The summed E-state index contributed by atoms with van der Waals surface area (Å²) in [6.45, 7) is 10.4. The third kappa shape index (κ3) is 12.4. The summed E-state index contributed by atoms with van der Waals surface area (Å²) in [5, 5.41) is 3.61. The average molecular weight is 255 g/mol. The molecule has 0 rings (SSSR count). The topological polar surface area (TPSA) is 12.0 Å². The van der Waals surface area contributed by atoms with Crippen molar-refractivity contribution in [3.63, 3.8) is 0 Å². The number of hydrogen-bond donors (Lipinski definition) is 1. The first-order valence-electron chi connectivity index (χ1n) is 8.41. The first-order valence-corrected chi connectivity index (χ1v) is 8.41. The van der Waals surface area contributed by atoms with Crippen molar-refractivity contribution in [3.05, 3.63) is 0 Å². The fourth-order valence-electron chi connectivity index (χ4n) is 2.18. The minimum atomic E-state index is 0.670. The lowest BCUT2D eigenvalue weighted by molar-refractivity contribution is 0.418. The van der Waals surface area contributed by atoms with Crippen LogP contribution in [-0.2, 0) is 0 Å². The Morgan fingerprint density at radius 2 is 1.11 bits per heavy atom. The van der Waals surface area contributed by atoms with Gasteiger partial charge < -0.3 is 5.32 Å². The van der Waals surface area contributed by atoms with Gasteiger partial charge in [-0.3, -0.25) is 0 Å². The molecule has 0 aliphatic carbocycles. The highest BCUT2D eigenvalue weighted by Gasteiger charge is 2.04. The van der Waals surface area contributed by atoms with E-state index in [1.807, 2.05) is 0 Å². The van der Waals surface area contributed by atoms with Crippen LogP contribution in [0.2, 0.25) is 0 Å². The van der Waals surface area contributed by atoms with E-state index in [1.54, 1.807) is 0 Å². The normalized spacial score (nSPS) is 13.2. The molecule has 1 unspecified atom stereocenters. The van der Waals surface area contributed by atoms with Crippen LogP contribution in [0.4, 0.5) is 0 Å². The van der Waals surface area contributed by atoms with E-state index >= 15 is 0 Å². The number of unbranched alkanes of at least 4 members (excludes halogenated alkanes) is 9. The molecule has 0 radical (unpaired) electrons. The lowest BCUT2D eigenvalue weighted by atomic mass is 10.1. The van der Waals surface area contributed by atoms with Crippen LogP contribution < -0.4 is 5.32 Å². The molecule has 0 saturated carbocycles. The van der Waals surface area contributed by atoms with E-state index in [4.69, 9.17) is 0 Å². The largest absolute Gasteiger partial charge is 0.314 e. The molecule has 1 nitrogen and oxygen atoms in total. The van der Waals surface area contributed by atoms with Crippen molar-refractivity contribution in [1.82, 2.24) is 5.32 Å². The molecule has 1 N–H and O–H groups in total. The molecule has 0 fully saturated rings. The highest BCUT2D eigenvalue weighted by atomic mass is 14.9. The molecule has 0 aliphatic heterocycles. The second-order valence-corrected chi connectivity index (χ2v) is 6.17. The lowest BCUT2D eigenvalue weighted by Crippen LogP contribution is -2.31.